The van der Waals surface area contributed by atoms with Crippen LogP contribution in [0, 0.1) is 20.8 Å². The van der Waals surface area contributed by atoms with Crippen molar-refractivity contribution >= 4 is 0 Å². The Labute approximate surface area is 115 Å². The van der Waals surface area contributed by atoms with E-state index in [1.54, 1.807) is 0 Å². The van der Waals surface area contributed by atoms with E-state index < -0.39 is 0 Å². The number of nitrogens with one attached hydrogen (secondary N) is 1. The zero-order chi connectivity index (χ0) is 14.0. The molecule has 3 heteroatoms. The monoisotopic (exact) mass is 257 g/mol. The van der Waals surface area contributed by atoms with E-state index in [2.05, 4.69) is 67.1 Å². The van der Waals surface area contributed by atoms with Gasteiger partial charge in [0.25, 0.3) is 0 Å². The summed E-state index contributed by atoms with van der Waals surface area (Å²) in [6, 6.07) is 8.87. The highest BCUT2D eigenvalue weighted by Gasteiger charge is 2.16. The molecule has 0 aliphatic carbocycles. The van der Waals surface area contributed by atoms with Crippen LogP contribution in [0.5, 0.6) is 0 Å². The summed E-state index contributed by atoms with van der Waals surface area (Å²) in [6.07, 6.45) is 1.06. The number of aromatic nitrogens is 2. The van der Waals surface area contributed by atoms with Gasteiger partial charge < -0.3 is 5.32 Å². The molecule has 0 bridgehead atoms. The van der Waals surface area contributed by atoms with Crippen LogP contribution in [-0.2, 0) is 0 Å². The number of rotatable bonds is 4. The third-order valence-electron chi connectivity index (χ3n) is 3.95. The Kier molecular flexibility index (Phi) is 4.05. The maximum Gasteiger partial charge on any atom is 0.0696 e. The highest BCUT2D eigenvalue weighted by molar-refractivity contribution is 5.45. The fourth-order valence-electron chi connectivity index (χ4n) is 2.51. The van der Waals surface area contributed by atoms with Crippen LogP contribution < -0.4 is 5.32 Å². The van der Waals surface area contributed by atoms with Gasteiger partial charge in [0.05, 0.1) is 11.4 Å². The first-order valence-electron chi connectivity index (χ1n) is 6.89. The fraction of sp³-hybridized carbons (Fsp3) is 0.438. The van der Waals surface area contributed by atoms with Crippen LogP contribution in [0.4, 0.5) is 0 Å². The summed E-state index contributed by atoms with van der Waals surface area (Å²) in [5, 5.41) is 8.06. The molecular formula is C16H23N3. The number of hydrogen-bond donors (Lipinski definition) is 1. The molecule has 1 aromatic heterocycles. The number of nitrogens with zero attached hydrogens (tertiary/aromatic N) is 2. The summed E-state index contributed by atoms with van der Waals surface area (Å²) < 4.78 is 2.07. The van der Waals surface area contributed by atoms with E-state index in [0.717, 1.165) is 12.1 Å². The Bertz CT molecular complexity index is 565. The van der Waals surface area contributed by atoms with Gasteiger partial charge in [0.1, 0.15) is 0 Å². The molecule has 1 unspecified atom stereocenters. The van der Waals surface area contributed by atoms with Gasteiger partial charge in [0, 0.05) is 11.7 Å². The summed E-state index contributed by atoms with van der Waals surface area (Å²) in [4.78, 5) is 0. The minimum Gasteiger partial charge on any atom is -0.313 e. The van der Waals surface area contributed by atoms with E-state index in [0.29, 0.717) is 6.04 Å². The molecule has 19 heavy (non-hydrogen) atoms. The number of benzene rings is 1. The molecule has 2 aromatic rings. The second-order valence-electron chi connectivity index (χ2n) is 5.02. The lowest BCUT2D eigenvalue weighted by atomic mass is 10.0. The van der Waals surface area contributed by atoms with Crippen molar-refractivity contribution in [3.8, 4) is 5.69 Å². The van der Waals surface area contributed by atoms with E-state index >= 15 is 0 Å². The van der Waals surface area contributed by atoms with Crippen molar-refractivity contribution in [1.82, 2.24) is 15.1 Å². The molecule has 1 heterocycles. The molecule has 102 valence electrons. The lowest BCUT2D eigenvalue weighted by Crippen LogP contribution is -2.18. The van der Waals surface area contributed by atoms with Crippen LogP contribution in [0.15, 0.2) is 24.3 Å². The fourth-order valence-corrected chi connectivity index (χ4v) is 2.51. The van der Waals surface area contributed by atoms with Gasteiger partial charge >= 0.3 is 0 Å². The Hall–Kier alpha value is -1.61. The van der Waals surface area contributed by atoms with E-state index in [9.17, 15) is 0 Å². The predicted molar refractivity (Wildman–Crippen MR) is 79.9 cm³/mol. The van der Waals surface area contributed by atoms with Crippen LogP contribution in [0.1, 0.15) is 41.9 Å². The van der Waals surface area contributed by atoms with Gasteiger partial charge in [-0.1, -0.05) is 25.1 Å². The predicted octanol–water partition coefficient (Wildman–Crippen LogP) is 3.47. The lowest BCUT2D eigenvalue weighted by molar-refractivity contribution is 0.571. The summed E-state index contributed by atoms with van der Waals surface area (Å²) in [7, 11) is 2.01. The molecule has 0 spiro atoms. The summed E-state index contributed by atoms with van der Waals surface area (Å²) >= 11 is 0. The van der Waals surface area contributed by atoms with E-state index in [4.69, 9.17) is 0 Å². The number of hydrogen-bond acceptors (Lipinski definition) is 2. The van der Waals surface area contributed by atoms with Crippen LogP contribution in [0.25, 0.3) is 5.69 Å². The van der Waals surface area contributed by atoms with Crippen LogP contribution in [0.2, 0.25) is 0 Å². The van der Waals surface area contributed by atoms with Crippen LogP contribution in [0.3, 0.4) is 0 Å². The summed E-state index contributed by atoms with van der Waals surface area (Å²) in [5.41, 5.74) is 6.07. The zero-order valence-electron chi connectivity index (χ0n) is 12.5. The van der Waals surface area contributed by atoms with E-state index in [1.807, 2.05) is 7.05 Å². The van der Waals surface area contributed by atoms with E-state index in [1.165, 1.54) is 22.5 Å². The topological polar surface area (TPSA) is 29.9 Å². The molecule has 1 atom stereocenters. The van der Waals surface area contributed by atoms with Crippen molar-refractivity contribution in [3.05, 3.63) is 46.8 Å². The van der Waals surface area contributed by atoms with E-state index in [-0.39, 0.29) is 0 Å². The smallest absolute Gasteiger partial charge is 0.0696 e. The van der Waals surface area contributed by atoms with Gasteiger partial charge in [-0.15, -0.1) is 0 Å². The van der Waals surface area contributed by atoms with Crippen molar-refractivity contribution < 1.29 is 0 Å². The third kappa shape index (κ3) is 2.43. The molecule has 1 N–H and O–H groups in total. The van der Waals surface area contributed by atoms with Crippen molar-refractivity contribution in [3.63, 3.8) is 0 Å². The Morgan fingerprint density at radius 3 is 2.42 bits per heavy atom. The number of aryl methyl sites for hydroxylation is 1. The average molecular weight is 257 g/mol. The van der Waals surface area contributed by atoms with Gasteiger partial charge in [0.2, 0.25) is 0 Å². The first-order valence-corrected chi connectivity index (χ1v) is 6.89. The minimum atomic E-state index is 0.361. The quantitative estimate of drug-likeness (QED) is 0.909. The molecule has 0 radical (unpaired) electrons. The van der Waals surface area contributed by atoms with Gasteiger partial charge in [-0.05, 0) is 51.4 Å². The minimum absolute atomic E-state index is 0.361. The first kappa shape index (κ1) is 13.8. The van der Waals surface area contributed by atoms with Crippen molar-refractivity contribution in [1.29, 1.82) is 0 Å². The Balaban J connectivity index is 2.59. The highest BCUT2D eigenvalue weighted by atomic mass is 15.3. The molecule has 0 fully saturated rings. The van der Waals surface area contributed by atoms with Gasteiger partial charge in [-0.2, -0.15) is 5.10 Å². The molecule has 0 saturated heterocycles. The van der Waals surface area contributed by atoms with Gasteiger partial charge in [-0.3, -0.25) is 0 Å². The molecule has 0 aliphatic rings. The van der Waals surface area contributed by atoms with Gasteiger partial charge in [0.15, 0.2) is 0 Å². The molecular weight excluding hydrogens is 234 g/mol. The molecule has 2 rings (SSSR count). The molecule has 0 aliphatic heterocycles. The summed E-state index contributed by atoms with van der Waals surface area (Å²) in [6.45, 7) is 8.53. The lowest BCUT2D eigenvalue weighted by Gasteiger charge is -2.19. The van der Waals surface area contributed by atoms with Crippen LogP contribution in [-0.4, -0.2) is 16.8 Å². The molecule has 3 nitrogen and oxygen atoms in total. The molecule has 0 saturated carbocycles. The normalized spacial score (nSPS) is 12.7. The first-order chi connectivity index (χ1) is 9.10. The number of para-hydroxylation sites is 1. The standard InChI is InChI=1S/C16H23N3/c1-6-15(17-5)14-9-7-8-10-16(14)19-13(4)11(2)12(3)18-19/h7-10,15,17H,6H2,1-5H3. The Morgan fingerprint density at radius 2 is 1.89 bits per heavy atom. The molecule has 0 amide bonds. The second kappa shape index (κ2) is 5.57. The largest absolute Gasteiger partial charge is 0.313 e. The van der Waals surface area contributed by atoms with Crippen LogP contribution >= 0.6 is 0 Å². The zero-order valence-corrected chi connectivity index (χ0v) is 12.5. The maximum absolute atomic E-state index is 4.68. The van der Waals surface area contributed by atoms with Crippen molar-refractivity contribution in [2.75, 3.05) is 7.05 Å². The molecule has 1 aromatic carbocycles. The average Bonchev–Trinajstić information content (AvgIpc) is 2.68. The Morgan fingerprint density at radius 1 is 1.21 bits per heavy atom. The van der Waals surface area contributed by atoms with Crippen molar-refractivity contribution in [2.45, 2.75) is 40.2 Å². The van der Waals surface area contributed by atoms with Crippen molar-refractivity contribution in [2.24, 2.45) is 0 Å². The second-order valence-corrected chi connectivity index (χ2v) is 5.02. The van der Waals surface area contributed by atoms with Gasteiger partial charge in [-0.25, -0.2) is 4.68 Å². The summed E-state index contributed by atoms with van der Waals surface area (Å²) in [5.74, 6) is 0. The highest BCUT2D eigenvalue weighted by Crippen LogP contribution is 2.26. The third-order valence-corrected chi connectivity index (χ3v) is 3.95. The maximum atomic E-state index is 4.68. The SMILES string of the molecule is CCC(NC)c1ccccc1-n1nc(C)c(C)c1C.